The topological polar surface area (TPSA) is 53.6 Å². The first-order valence-corrected chi connectivity index (χ1v) is 6.09. The van der Waals surface area contributed by atoms with Gasteiger partial charge >= 0.3 is 0 Å². The molecule has 4 nitrogen and oxygen atoms in total. The molecule has 0 saturated heterocycles. The maximum Gasteiger partial charge on any atom is 0.0943 e. The van der Waals surface area contributed by atoms with Gasteiger partial charge in [-0.2, -0.15) is 0 Å². The average Bonchev–Trinajstić information content (AvgIpc) is 2.87. The van der Waals surface area contributed by atoms with Crippen molar-refractivity contribution in [3.63, 3.8) is 0 Å². The van der Waals surface area contributed by atoms with Gasteiger partial charge in [0, 0.05) is 24.9 Å². The lowest BCUT2D eigenvalue weighted by molar-refractivity contribution is 0.543. The van der Waals surface area contributed by atoms with Crippen LogP contribution in [-0.2, 0) is 12.8 Å². The molecule has 88 valence electrons. The van der Waals surface area contributed by atoms with E-state index in [1.165, 1.54) is 11.3 Å². The van der Waals surface area contributed by atoms with Crippen LogP contribution < -0.4 is 5.32 Å². The van der Waals surface area contributed by atoms with Gasteiger partial charge in [-0.15, -0.1) is 0 Å². The highest BCUT2D eigenvalue weighted by molar-refractivity contribution is 5.29. The lowest BCUT2D eigenvalue weighted by Gasteiger charge is -2.22. The monoisotopic (exact) mass is 228 g/mol. The van der Waals surface area contributed by atoms with Crippen molar-refractivity contribution in [2.45, 2.75) is 25.8 Å². The molecule has 0 amide bonds. The summed E-state index contributed by atoms with van der Waals surface area (Å²) in [5.41, 5.74) is 4.64. The van der Waals surface area contributed by atoms with Gasteiger partial charge in [-0.25, -0.2) is 4.98 Å². The average molecular weight is 228 g/mol. The Morgan fingerprint density at radius 1 is 1.35 bits per heavy atom. The fourth-order valence-electron chi connectivity index (χ4n) is 2.28. The first-order valence-electron chi connectivity index (χ1n) is 6.09. The number of aromatic nitrogens is 3. The molecule has 3 heterocycles. The van der Waals surface area contributed by atoms with Crippen LogP contribution in [0.25, 0.3) is 0 Å². The molecule has 1 atom stereocenters. The molecule has 17 heavy (non-hydrogen) atoms. The molecule has 0 aromatic carbocycles. The maximum atomic E-state index is 4.54. The highest BCUT2D eigenvalue weighted by Gasteiger charge is 2.24. The van der Waals surface area contributed by atoms with Gasteiger partial charge in [0.25, 0.3) is 0 Å². The smallest absolute Gasteiger partial charge is 0.0943 e. The minimum Gasteiger partial charge on any atom is -0.348 e. The number of nitrogens with one attached hydrogen (secondary N) is 2. The largest absolute Gasteiger partial charge is 0.348 e. The van der Waals surface area contributed by atoms with E-state index in [1.807, 2.05) is 6.20 Å². The number of fused-ring (bicyclic) bond motifs is 1. The zero-order valence-corrected chi connectivity index (χ0v) is 9.90. The van der Waals surface area contributed by atoms with E-state index in [9.17, 15) is 0 Å². The summed E-state index contributed by atoms with van der Waals surface area (Å²) in [6, 6.07) is 4.38. The van der Waals surface area contributed by atoms with E-state index in [0.717, 1.165) is 30.8 Å². The van der Waals surface area contributed by atoms with E-state index in [1.54, 1.807) is 6.33 Å². The van der Waals surface area contributed by atoms with Gasteiger partial charge in [0.1, 0.15) is 0 Å². The van der Waals surface area contributed by atoms with Crippen molar-refractivity contribution in [3.05, 3.63) is 47.3 Å². The van der Waals surface area contributed by atoms with Crippen molar-refractivity contribution in [3.8, 4) is 0 Å². The number of nitrogens with zero attached hydrogens (tertiary/aromatic N) is 2. The van der Waals surface area contributed by atoms with Crippen molar-refractivity contribution in [2.75, 3.05) is 6.54 Å². The zero-order valence-electron chi connectivity index (χ0n) is 9.90. The number of H-pyrrole nitrogens is 1. The van der Waals surface area contributed by atoms with E-state index in [0.29, 0.717) is 0 Å². The second-order valence-electron chi connectivity index (χ2n) is 4.35. The Kier molecular flexibility index (Phi) is 2.65. The van der Waals surface area contributed by atoms with Crippen molar-refractivity contribution in [1.82, 2.24) is 20.3 Å². The third kappa shape index (κ3) is 1.85. The number of imidazole rings is 1. The summed E-state index contributed by atoms with van der Waals surface area (Å²) in [4.78, 5) is 12.1. The molecule has 2 N–H and O–H groups in total. The van der Waals surface area contributed by atoms with E-state index < -0.39 is 0 Å². The van der Waals surface area contributed by atoms with Crippen LogP contribution in [0.3, 0.4) is 0 Å². The Bertz CT molecular complexity index is 500. The summed E-state index contributed by atoms with van der Waals surface area (Å²) in [5, 5.41) is 3.47. The number of rotatable bonds is 2. The van der Waals surface area contributed by atoms with Crippen LogP contribution in [-0.4, -0.2) is 21.5 Å². The van der Waals surface area contributed by atoms with Crippen molar-refractivity contribution in [1.29, 1.82) is 0 Å². The number of aromatic amines is 1. The third-order valence-electron chi connectivity index (χ3n) is 3.30. The number of pyridine rings is 1. The second-order valence-corrected chi connectivity index (χ2v) is 4.35. The predicted octanol–water partition coefficient (Wildman–Crippen LogP) is 1.60. The molecule has 0 spiro atoms. The molecule has 0 fully saturated rings. The van der Waals surface area contributed by atoms with Gasteiger partial charge < -0.3 is 10.3 Å². The minimum absolute atomic E-state index is 0.135. The van der Waals surface area contributed by atoms with Gasteiger partial charge in [-0.1, -0.05) is 13.0 Å². The summed E-state index contributed by atoms with van der Waals surface area (Å²) in [7, 11) is 0. The summed E-state index contributed by atoms with van der Waals surface area (Å²) >= 11 is 0. The Hall–Kier alpha value is -1.68. The summed E-state index contributed by atoms with van der Waals surface area (Å²) in [6.45, 7) is 3.11. The molecular formula is C13H16N4. The van der Waals surface area contributed by atoms with Crippen LogP contribution in [0.2, 0.25) is 0 Å². The first-order chi connectivity index (χ1) is 8.38. The fraction of sp³-hybridized carbons (Fsp3) is 0.385. The first kappa shape index (κ1) is 10.5. The Balaban J connectivity index is 1.95. The number of hydrogen-bond donors (Lipinski definition) is 2. The molecule has 0 aliphatic carbocycles. The molecule has 2 aromatic rings. The van der Waals surface area contributed by atoms with Gasteiger partial charge in [0.2, 0.25) is 0 Å². The molecule has 0 radical (unpaired) electrons. The van der Waals surface area contributed by atoms with Crippen LogP contribution in [0.5, 0.6) is 0 Å². The van der Waals surface area contributed by atoms with Crippen LogP contribution >= 0.6 is 0 Å². The molecule has 1 unspecified atom stereocenters. The molecular weight excluding hydrogens is 212 g/mol. The zero-order chi connectivity index (χ0) is 11.7. The highest BCUT2D eigenvalue weighted by atomic mass is 15.0. The van der Waals surface area contributed by atoms with Gasteiger partial charge in [0.05, 0.1) is 23.8 Å². The molecule has 4 heteroatoms. The molecule has 3 rings (SSSR count). The SMILES string of the molecule is CCc1ccc(C2NCCc3[nH]cnc32)nc1. The van der Waals surface area contributed by atoms with E-state index in [2.05, 4.69) is 39.3 Å². The van der Waals surface area contributed by atoms with Crippen molar-refractivity contribution >= 4 is 0 Å². The highest BCUT2D eigenvalue weighted by Crippen LogP contribution is 2.24. The van der Waals surface area contributed by atoms with Crippen LogP contribution in [0, 0.1) is 0 Å². The summed E-state index contributed by atoms with van der Waals surface area (Å²) in [6.07, 6.45) is 5.76. The summed E-state index contributed by atoms with van der Waals surface area (Å²) in [5.74, 6) is 0. The third-order valence-corrected chi connectivity index (χ3v) is 3.30. The molecule has 0 bridgehead atoms. The van der Waals surface area contributed by atoms with Gasteiger partial charge in [0.15, 0.2) is 0 Å². The number of hydrogen-bond acceptors (Lipinski definition) is 3. The van der Waals surface area contributed by atoms with Crippen LogP contribution in [0.1, 0.15) is 35.6 Å². The molecule has 1 aliphatic heterocycles. The van der Waals surface area contributed by atoms with Crippen molar-refractivity contribution < 1.29 is 0 Å². The lowest BCUT2D eigenvalue weighted by Crippen LogP contribution is -2.31. The normalized spacial score (nSPS) is 19.0. The summed E-state index contributed by atoms with van der Waals surface area (Å²) < 4.78 is 0. The van der Waals surface area contributed by atoms with Crippen LogP contribution in [0.4, 0.5) is 0 Å². The molecule has 2 aromatic heterocycles. The maximum absolute atomic E-state index is 4.54. The Labute approximate surface area is 101 Å². The van der Waals surface area contributed by atoms with E-state index in [4.69, 9.17) is 0 Å². The van der Waals surface area contributed by atoms with E-state index in [-0.39, 0.29) is 6.04 Å². The molecule has 0 saturated carbocycles. The Morgan fingerprint density at radius 3 is 3.06 bits per heavy atom. The predicted molar refractivity (Wildman–Crippen MR) is 65.8 cm³/mol. The second kappa shape index (κ2) is 4.30. The fourth-order valence-corrected chi connectivity index (χ4v) is 2.28. The van der Waals surface area contributed by atoms with Crippen LogP contribution in [0.15, 0.2) is 24.7 Å². The van der Waals surface area contributed by atoms with E-state index >= 15 is 0 Å². The van der Waals surface area contributed by atoms with Crippen molar-refractivity contribution in [2.24, 2.45) is 0 Å². The lowest BCUT2D eigenvalue weighted by atomic mass is 10.0. The van der Waals surface area contributed by atoms with Gasteiger partial charge in [-0.3, -0.25) is 4.98 Å². The Morgan fingerprint density at radius 2 is 2.29 bits per heavy atom. The molecule has 1 aliphatic rings. The van der Waals surface area contributed by atoms with Gasteiger partial charge in [-0.05, 0) is 18.1 Å². The standard InChI is InChI=1S/C13H16N4/c1-2-9-3-4-10(15-7-9)12-13-11(5-6-14-12)16-8-17-13/h3-4,7-8,12,14H,2,5-6H2,1H3,(H,16,17). The minimum atomic E-state index is 0.135. The quantitative estimate of drug-likeness (QED) is 0.821. The number of aryl methyl sites for hydroxylation is 1.